The van der Waals surface area contributed by atoms with Gasteiger partial charge >= 0.3 is 0 Å². The highest BCUT2D eigenvalue weighted by atomic mass is 32.2. The topological polar surface area (TPSA) is 37.4 Å². The van der Waals surface area contributed by atoms with Gasteiger partial charge in [-0.05, 0) is 24.1 Å². The monoisotopic (exact) mass is 281 g/mol. The lowest BCUT2D eigenvalue weighted by Gasteiger charge is -2.24. The van der Waals surface area contributed by atoms with Crippen LogP contribution in [-0.2, 0) is 15.6 Å². The van der Waals surface area contributed by atoms with E-state index in [9.17, 15) is 13.4 Å². The van der Waals surface area contributed by atoms with Gasteiger partial charge in [-0.25, -0.2) is 4.39 Å². The number of benzene rings is 1. The third-order valence-corrected chi connectivity index (χ3v) is 4.16. The number of carbonyl (C=O) groups excluding carboxylic acids is 1. The smallest absolute Gasteiger partial charge is 0.133 e. The van der Waals surface area contributed by atoms with Crippen LogP contribution in [0.3, 0.4) is 0 Å². The molecule has 1 aliphatic heterocycles. The molecule has 102 valence electrons. The third-order valence-electron chi connectivity index (χ3n) is 3.24. The summed E-state index contributed by atoms with van der Waals surface area (Å²) >= 11 is 0. The number of hydrogen-bond acceptors (Lipinski definition) is 3. The predicted octanol–water partition coefficient (Wildman–Crippen LogP) is 1.85. The van der Waals surface area contributed by atoms with Crippen LogP contribution in [0.2, 0.25) is 0 Å². The molecular formula is C14H16FNO2S. The molecule has 19 heavy (non-hydrogen) atoms. The Morgan fingerprint density at radius 2 is 2.26 bits per heavy atom. The van der Waals surface area contributed by atoms with Gasteiger partial charge in [0.05, 0.1) is 6.54 Å². The van der Waals surface area contributed by atoms with Gasteiger partial charge in [-0.2, -0.15) is 0 Å². The van der Waals surface area contributed by atoms with Gasteiger partial charge in [0.2, 0.25) is 0 Å². The zero-order valence-corrected chi connectivity index (χ0v) is 11.6. The van der Waals surface area contributed by atoms with Crippen molar-refractivity contribution in [1.29, 1.82) is 0 Å². The van der Waals surface area contributed by atoms with Gasteiger partial charge in [-0.15, -0.1) is 0 Å². The second-order valence-electron chi connectivity index (χ2n) is 4.50. The summed E-state index contributed by atoms with van der Waals surface area (Å²) in [7, 11) is -1.17. The van der Waals surface area contributed by atoms with Gasteiger partial charge in [0.1, 0.15) is 12.1 Å². The van der Waals surface area contributed by atoms with Gasteiger partial charge in [0.15, 0.2) is 0 Å². The zero-order chi connectivity index (χ0) is 13.8. The van der Waals surface area contributed by atoms with Crippen molar-refractivity contribution < 1.29 is 13.4 Å². The third kappa shape index (κ3) is 3.36. The van der Waals surface area contributed by atoms with E-state index in [0.29, 0.717) is 23.5 Å². The Bertz CT molecular complexity index is 542. The van der Waals surface area contributed by atoms with Crippen molar-refractivity contribution in [2.75, 3.05) is 25.9 Å². The molecule has 3 nitrogen and oxygen atoms in total. The van der Waals surface area contributed by atoms with Crippen LogP contribution in [0.25, 0.3) is 5.57 Å². The molecule has 1 aromatic carbocycles. The van der Waals surface area contributed by atoms with Crippen LogP contribution in [0.1, 0.15) is 12.0 Å². The van der Waals surface area contributed by atoms with Crippen LogP contribution in [0.4, 0.5) is 4.39 Å². The summed E-state index contributed by atoms with van der Waals surface area (Å²) in [5, 5.41) is 0. The number of hydrogen-bond donors (Lipinski definition) is 0. The Morgan fingerprint density at radius 1 is 1.47 bits per heavy atom. The number of rotatable bonds is 4. The van der Waals surface area contributed by atoms with E-state index in [0.717, 1.165) is 24.8 Å². The standard InChI is InChI=1S/C14H16FNO2S/c1-19(18)12-2-3-13(14(15)10-12)11-4-6-16(7-5-11)8-9-17/h2-4,9-10H,5-8H2,1H3. The van der Waals surface area contributed by atoms with E-state index < -0.39 is 10.8 Å². The van der Waals surface area contributed by atoms with Crippen LogP contribution in [0.5, 0.6) is 0 Å². The molecule has 0 amide bonds. The Morgan fingerprint density at radius 3 is 2.79 bits per heavy atom. The summed E-state index contributed by atoms with van der Waals surface area (Å²) < 4.78 is 25.3. The first-order chi connectivity index (χ1) is 9.11. The maximum atomic E-state index is 14.0. The molecule has 1 heterocycles. The van der Waals surface area contributed by atoms with Crippen molar-refractivity contribution >= 4 is 22.7 Å². The molecule has 5 heteroatoms. The molecule has 2 rings (SSSR count). The second kappa shape index (κ2) is 6.21. The lowest BCUT2D eigenvalue weighted by molar-refractivity contribution is -0.108. The quantitative estimate of drug-likeness (QED) is 0.790. The molecule has 0 aliphatic carbocycles. The highest BCUT2D eigenvalue weighted by molar-refractivity contribution is 7.84. The number of carbonyl (C=O) groups is 1. The van der Waals surface area contributed by atoms with Crippen molar-refractivity contribution in [2.45, 2.75) is 11.3 Å². The molecular weight excluding hydrogens is 265 g/mol. The van der Waals surface area contributed by atoms with Crippen LogP contribution in [0.15, 0.2) is 29.2 Å². The lowest BCUT2D eigenvalue weighted by atomic mass is 9.99. The first-order valence-electron chi connectivity index (χ1n) is 6.10. The van der Waals surface area contributed by atoms with Crippen LogP contribution in [-0.4, -0.2) is 41.3 Å². The fourth-order valence-corrected chi connectivity index (χ4v) is 2.69. The average Bonchev–Trinajstić information content (AvgIpc) is 2.40. The molecule has 0 radical (unpaired) electrons. The van der Waals surface area contributed by atoms with Gasteiger partial charge in [-0.1, -0.05) is 12.1 Å². The Balaban J connectivity index is 2.19. The molecule has 0 saturated carbocycles. The van der Waals surface area contributed by atoms with Gasteiger partial charge < -0.3 is 4.79 Å². The van der Waals surface area contributed by atoms with Crippen LogP contribution in [0, 0.1) is 5.82 Å². The first-order valence-corrected chi connectivity index (χ1v) is 7.66. The molecule has 0 aromatic heterocycles. The summed E-state index contributed by atoms with van der Waals surface area (Å²) in [6.07, 6.45) is 5.09. The number of halogens is 1. The molecule has 0 N–H and O–H groups in total. The van der Waals surface area contributed by atoms with Crippen molar-refractivity contribution in [3.8, 4) is 0 Å². The maximum Gasteiger partial charge on any atom is 0.133 e. The van der Waals surface area contributed by atoms with E-state index in [2.05, 4.69) is 0 Å². The Hall–Kier alpha value is -1.33. The Kier molecular flexibility index (Phi) is 4.61. The summed E-state index contributed by atoms with van der Waals surface area (Å²) in [6.45, 7) is 1.83. The largest absolute Gasteiger partial charge is 0.302 e. The van der Waals surface area contributed by atoms with E-state index in [1.54, 1.807) is 12.1 Å². The van der Waals surface area contributed by atoms with Crippen LogP contribution < -0.4 is 0 Å². The highest BCUT2D eigenvalue weighted by Crippen LogP contribution is 2.25. The van der Waals surface area contributed by atoms with Crippen molar-refractivity contribution in [2.24, 2.45) is 0 Å². The highest BCUT2D eigenvalue weighted by Gasteiger charge is 2.15. The zero-order valence-electron chi connectivity index (χ0n) is 10.8. The van der Waals surface area contributed by atoms with E-state index in [4.69, 9.17) is 0 Å². The predicted molar refractivity (Wildman–Crippen MR) is 73.8 cm³/mol. The summed E-state index contributed by atoms with van der Waals surface area (Å²) in [4.78, 5) is 12.9. The average molecular weight is 281 g/mol. The normalized spacial score (nSPS) is 17.9. The Labute approximate surface area is 114 Å². The van der Waals surface area contributed by atoms with Crippen molar-refractivity contribution in [1.82, 2.24) is 4.90 Å². The minimum absolute atomic E-state index is 0.331. The van der Waals surface area contributed by atoms with Gasteiger partial charge in [-0.3, -0.25) is 9.11 Å². The van der Waals surface area contributed by atoms with Crippen LogP contribution >= 0.6 is 0 Å². The molecule has 1 atom stereocenters. The van der Waals surface area contributed by atoms with E-state index >= 15 is 0 Å². The second-order valence-corrected chi connectivity index (χ2v) is 5.88. The molecule has 0 bridgehead atoms. The fraction of sp³-hybridized carbons (Fsp3) is 0.357. The molecule has 0 saturated heterocycles. The summed E-state index contributed by atoms with van der Waals surface area (Å²) in [5.41, 5.74) is 1.52. The summed E-state index contributed by atoms with van der Waals surface area (Å²) in [5.74, 6) is -0.331. The summed E-state index contributed by atoms with van der Waals surface area (Å²) in [6, 6.07) is 4.73. The SMILES string of the molecule is CS(=O)c1ccc(C2=CCN(CC=O)CC2)c(F)c1. The minimum atomic E-state index is -1.17. The van der Waals surface area contributed by atoms with Gasteiger partial charge in [0, 0.05) is 40.6 Å². The van der Waals surface area contributed by atoms with E-state index in [1.807, 2.05) is 11.0 Å². The first kappa shape index (κ1) is 14.1. The molecule has 1 aromatic rings. The molecule has 0 spiro atoms. The molecule has 1 unspecified atom stereocenters. The van der Waals surface area contributed by atoms with Crippen molar-refractivity contribution in [3.63, 3.8) is 0 Å². The lowest BCUT2D eigenvalue weighted by Crippen LogP contribution is -2.30. The van der Waals surface area contributed by atoms with Crippen molar-refractivity contribution in [3.05, 3.63) is 35.7 Å². The van der Waals surface area contributed by atoms with Gasteiger partial charge in [0.25, 0.3) is 0 Å². The number of nitrogens with zero attached hydrogens (tertiary/aromatic N) is 1. The molecule has 1 aliphatic rings. The number of aldehydes is 1. The minimum Gasteiger partial charge on any atom is -0.302 e. The fourth-order valence-electron chi connectivity index (χ4n) is 2.16. The maximum absolute atomic E-state index is 14.0. The molecule has 0 fully saturated rings. The van der Waals surface area contributed by atoms with E-state index in [1.165, 1.54) is 12.3 Å². The van der Waals surface area contributed by atoms with E-state index in [-0.39, 0.29) is 5.82 Å².